The van der Waals surface area contributed by atoms with Crippen molar-refractivity contribution in [2.24, 2.45) is 5.10 Å². The largest absolute Gasteiger partial charge is 0.482 e. The Morgan fingerprint density at radius 1 is 1.36 bits per heavy atom. The normalized spacial score (nSPS) is 10.7. The molecule has 0 fully saturated rings. The maximum absolute atomic E-state index is 13.1. The highest BCUT2D eigenvalue weighted by Crippen LogP contribution is 2.22. The fourth-order valence-corrected chi connectivity index (χ4v) is 2.10. The van der Waals surface area contributed by atoms with Crippen molar-refractivity contribution in [2.45, 2.75) is 0 Å². The predicted molar refractivity (Wildman–Crippen MR) is 86.8 cm³/mol. The second-order valence-electron chi connectivity index (χ2n) is 4.19. The summed E-state index contributed by atoms with van der Waals surface area (Å²) in [6.07, 6.45) is 1.40. The van der Waals surface area contributed by atoms with Crippen LogP contribution < -0.4 is 10.2 Å². The number of para-hydroxylation sites is 1. The van der Waals surface area contributed by atoms with Gasteiger partial charge in [0.15, 0.2) is 6.61 Å². The third kappa shape index (κ3) is 4.82. The van der Waals surface area contributed by atoms with Crippen LogP contribution in [0.2, 0.25) is 5.02 Å². The molecule has 0 radical (unpaired) electrons. The van der Waals surface area contributed by atoms with Gasteiger partial charge in [-0.05, 0) is 45.8 Å². The summed E-state index contributed by atoms with van der Waals surface area (Å²) in [6.45, 7) is -0.214. The van der Waals surface area contributed by atoms with E-state index in [2.05, 4.69) is 26.5 Å². The van der Waals surface area contributed by atoms with Crippen LogP contribution in [0.3, 0.4) is 0 Å². The number of hydrazone groups is 1. The van der Waals surface area contributed by atoms with Crippen molar-refractivity contribution in [3.8, 4) is 5.75 Å². The van der Waals surface area contributed by atoms with Gasteiger partial charge < -0.3 is 4.74 Å². The first-order valence-corrected chi connectivity index (χ1v) is 7.37. The third-order valence-electron chi connectivity index (χ3n) is 2.54. The van der Waals surface area contributed by atoms with E-state index >= 15 is 0 Å². The molecule has 0 aliphatic carbocycles. The maximum Gasteiger partial charge on any atom is 0.277 e. The Morgan fingerprint density at radius 3 is 2.86 bits per heavy atom. The highest BCUT2D eigenvalue weighted by atomic mass is 79.9. The fraction of sp³-hybridized carbons (Fsp3) is 0.0667. The Morgan fingerprint density at radius 2 is 2.14 bits per heavy atom. The standard InChI is InChI=1S/C15H11BrClFN2O2/c16-11-7-10(5-6-13(11)18)8-19-20-15(21)9-22-14-4-2-1-3-12(14)17/h1-8H,9H2,(H,20,21)/b19-8+. The van der Waals surface area contributed by atoms with Gasteiger partial charge in [0.2, 0.25) is 0 Å². The Balaban J connectivity index is 1.83. The molecule has 2 rings (SSSR count). The average molecular weight is 386 g/mol. The monoisotopic (exact) mass is 384 g/mol. The minimum absolute atomic E-state index is 0.214. The number of nitrogens with zero attached hydrogens (tertiary/aromatic N) is 1. The molecule has 0 aliphatic heterocycles. The smallest absolute Gasteiger partial charge is 0.277 e. The lowest BCUT2D eigenvalue weighted by Crippen LogP contribution is -2.24. The van der Waals surface area contributed by atoms with E-state index in [0.717, 1.165) is 0 Å². The first-order valence-electron chi connectivity index (χ1n) is 6.20. The van der Waals surface area contributed by atoms with E-state index in [-0.39, 0.29) is 12.4 Å². The number of carbonyl (C=O) groups is 1. The topological polar surface area (TPSA) is 50.7 Å². The number of halogens is 3. The van der Waals surface area contributed by atoms with Crippen molar-refractivity contribution in [3.63, 3.8) is 0 Å². The van der Waals surface area contributed by atoms with E-state index in [9.17, 15) is 9.18 Å². The summed E-state index contributed by atoms with van der Waals surface area (Å²) in [5.41, 5.74) is 2.95. The molecule has 0 spiro atoms. The van der Waals surface area contributed by atoms with E-state index in [0.29, 0.717) is 20.8 Å². The second kappa shape index (κ2) is 7.91. The number of nitrogens with one attached hydrogen (secondary N) is 1. The molecule has 0 saturated heterocycles. The van der Waals surface area contributed by atoms with Crippen LogP contribution in [-0.2, 0) is 4.79 Å². The lowest BCUT2D eigenvalue weighted by atomic mass is 10.2. The molecule has 1 N–H and O–H groups in total. The number of ether oxygens (including phenoxy) is 1. The molecule has 2 aromatic carbocycles. The molecule has 0 atom stereocenters. The average Bonchev–Trinajstić information content (AvgIpc) is 2.50. The van der Waals surface area contributed by atoms with Crippen LogP contribution in [0.1, 0.15) is 5.56 Å². The van der Waals surface area contributed by atoms with E-state index < -0.39 is 5.91 Å². The third-order valence-corrected chi connectivity index (χ3v) is 3.46. The molecule has 7 heteroatoms. The van der Waals surface area contributed by atoms with E-state index in [1.165, 1.54) is 18.3 Å². The van der Waals surface area contributed by atoms with Crippen molar-refractivity contribution < 1.29 is 13.9 Å². The molecular formula is C15H11BrClFN2O2. The van der Waals surface area contributed by atoms with E-state index in [1.807, 2.05) is 0 Å². The summed E-state index contributed by atoms with van der Waals surface area (Å²) in [5, 5.41) is 4.19. The number of amides is 1. The van der Waals surface area contributed by atoms with Crippen molar-refractivity contribution in [3.05, 3.63) is 63.3 Å². The summed E-state index contributed by atoms with van der Waals surface area (Å²) in [4.78, 5) is 11.6. The number of benzene rings is 2. The molecule has 4 nitrogen and oxygen atoms in total. The highest BCUT2D eigenvalue weighted by Gasteiger charge is 2.04. The van der Waals surface area contributed by atoms with Crippen LogP contribution in [0.25, 0.3) is 0 Å². The molecule has 0 unspecified atom stereocenters. The molecular weight excluding hydrogens is 375 g/mol. The summed E-state index contributed by atoms with van der Waals surface area (Å²) in [7, 11) is 0. The molecule has 0 aromatic heterocycles. The fourth-order valence-electron chi connectivity index (χ4n) is 1.51. The molecule has 22 heavy (non-hydrogen) atoms. The molecule has 0 heterocycles. The Labute approximate surface area is 140 Å². The quantitative estimate of drug-likeness (QED) is 0.629. The van der Waals surface area contributed by atoms with Crippen molar-refractivity contribution in [1.29, 1.82) is 0 Å². The first kappa shape index (κ1) is 16.5. The zero-order valence-corrected chi connectivity index (χ0v) is 13.6. The Hall–Kier alpha value is -1.92. The van der Waals surface area contributed by atoms with Crippen LogP contribution >= 0.6 is 27.5 Å². The van der Waals surface area contributed by atoms with Gasteiger partial charge >= 0.3 is 0 Å². The van der Waals surface area contributed by atoms with Gasteiger partial charge in [0.1, 0.15) is 11.6 Å². The predicted octanol–water partition coefficient (Wildman–Crippen LogP) is 3.77. The lowest BCUT2D eigenvalue weighted by molar-refractivity contribution is -0.123. The van der Waals surface area contributed by atoms with Gasteiger partial charge in [-0.25, -0.2) is 9.82 Å². The number of rotatable bonds is 5. The van der Waals surface area contributed by atoms with Gasteiger partial charge in [0.25, 0.3) is 5.91 Å². The van der Waals surface area contributed by atoms with Crippen LogP contribution in [-0.4, -0.2) is 18.7 Å². The zero-order valence-electron chi connectivity index (χ0n) is 11.2. The number of hydrogen-bond acceptors (Lipinski definition) is 3. The summed E-state index contributed by atoms with van der Waals surface area (Å²) >= 11 is 8.97. The summed E-state index contributed by atoms with van der Waals surface area (Å²) in [6, 6.07) is 11.2. The van der Waals surface area contributed by atoms with Gasteiger partial charge in [0.05, 0.1) is 15.7 Å². The van der Waals surface area contributed by atoms with Crippen molar-refractivity contribution in [1.82, 2.24) is 5.43 Å². The minimum Gasteiger partial charge on any atom is -0.482 e. The zero-order chi connectivity index (χ0) is 15.9. The lowest BCUT2D eigenvalue weighted by Gasteiger charge is -2.06. The Bertz CT molecular complexity index is 710. The SMILES string of the molecule is O=C(COc1ccccc1Cl)N/N=C/c1ccc(F)c(Br)c1. The molecule has 0 saturated carbocycles. The van der Waals surface area contributed by atoms with Crippen LogP contribution in [0.5, 0.6) is 5.75 Å². The maximum atomic E-state index is 13.1. The number of carbonyl (C=O) groups excluding carboxylic acids is 1. The van der Waals surface area contributed by atoms with Crippen molar-refractivity contribution in [2.75, 3.05) is 6.61 Å². The van der Waals surface area contributed by atoms with Crippen LogP contribution in [0, 0.1) is 5.82 Å². The number of hydrogen-bond donors (Lipinski definition) is 1. The summed E-state index contributed by atoms with van der Waals surface area (Å²) < 4.78 is 18.6. The van der Waals surface area contributed by atoms with Gasteiger partial charge in [0, 0.05) is 0 Å². The second-order valence-corrected chi connectivity index (χ2v) is 5.45. The molecule has 0 aliphatic rings. The van der Waals surface area contributed by atoms with E-state index in [1.54, 1.807) is 30.3 Å². The van der Waals surface area contributed by atoms with Crippen LogP contribution in [0.4, 0.5) is 4.39 Å². The molecule has 2 aromatic rings. The summed E-state index contributed by atoms with van der Waals surface area (Å²) in [5.74, 6) is -0.377. The Kier molecular flexibility index (Phi) is 5.91. The van der Waals surface area contributed by atoms with Crippen molar-refractivity contribution >= 4 is 39.7 Å². The van der Waals surface area contributed by atoms with Gasteiger partial charge in [-0.15, -0.1) is 0 Å². The van der Waals surface area contributed by atoms with Gasteiger partial charge in [-0.1, -0.05) is 29.8 Å². The highest BCUT2D eigenvalue weighted by molar-refractivity contribution is 9.10. The molecule has 114 valence electrons. The van der Waals surface area contributed by atoms with Gasteiger partial charge in [-0.2, -0.15) is 5.10 Å². The minimum atomic E-state index is -0.433. The van der Waals surface area contributed by atoms with Gasteiger partial charge in [-0.3, -0.25) is 4.79 Å². The van der Waals surface area contributed by atoms with Crippen LogP contribution in [0.15, 0.2) is 52.0 Å². The first-order chi connectivity index (χ1) is 10.6. The van der Waals surface area contributed by atoms with E-state index in [4.69, 9.17) is 16.3 Å². The molecule has 0 bridgehead atoms. The molecule has 1 amide bonds.